The number of carbonyl (C=O) groups is 2. The number of nitrogens with zero attached hydrogens (tertiary/aromatic N) is 4. The summed E-state index contributed by atoms with van der Waals surface area (Å²) in [6, 6.07) is 4.37. The Labute approximate surface area is 161 Å². The Hall–Kier alpha value is -1.95. The number of amides is 2. The van der Waals surface area contributed by atoms with E-state index in [0.29, 0.717) is 18.5 Å². The van der Waals surface area contributed by atoms with E-state index < -0.39 is 0 Å². The highest BCUT2D eigenvalue weighted by Crippen LogP contribution is 2.48. The van der Waals surface area contributed by atoms with E-state index in [4.69, 9.17) is 0 Å². The highest BCUT2D eigenvalue weighted by Gasteiger charge is 2.46. The highest BCUT2D eigenvalue weighted by atomic mass is 16.2. The lowest BCUT2D eigenvalue weighted by Gasteiger charge is -2.38. The fraction of sp³-hybridized carbons (Fsp3) is 0.667. The lowest BCUT2D eigenvalue weighted by atomic mass is 10.0. The number of carbonyl (C=O) groups excluding carboxylic acids is 2. The zero-order chi connectivity index (χ0) is 18.8. The first-order valence-corrected chi connectivity index (χ1v) is 10.3. The molecule has 3 atom stereocenters. The molecule has 27 heavy (non-hydrogen) atoms. The number of pyridine rings is 1. The summed E-state index contributed by atoms with van der Waals surface area (Å²) in [6.07, 6.45) is 8.06. The van der Waals surface area contributed by atoms with Crippen molar-refractivity contribution < 1.29 is 9.59 Å². The standard InChI is InChI=1S/C21H30N4O2/c1-16-5-2-3-8-25(16)20(26)15-23-9-11-24(12-10-23)21(27)19-13-18(19)17-6-4-7-22-14-17/h4,6-7,14,16,18-19H,2-3,5,8-13,15H2,1H3/t16?,18-,19+/m0/s1. The maximum atomic E-state index is 12.8. The Kier molecular flexibility index (Phi) is 5.43. The fourth-order valence-electron chi connectivity index (χ4n) is 4.54. The van der Waals surface area contributed by atoms with Gasteiger partial charge in [0.25, 0.3) is 0 Å². The van der Waals surface area contributed by atoms with Gasteiger partial charge in [0.2, 0.25) is 11.8 Å². The van der Waals surface area contributed by atoms with Gasteiger partial charge < -0.3 is 9.80 Å². The molecule has 1 aliphatic carbocycles. The van der Waals surface area contributed by atoms with Crippen LogP contribution >= 0.6 is 0 Å². The van der Waals surface area contributed by atoms with Gasteiger partial charge in [-0.25, -0.2) is 0 Å². The van der Waals surface area contributed by atoms with Crippen LogP contribution in [0.1, 0.15) is 44.1 Å². The lowest BCUT2D eigenvalue weighted by Crippen LogP contribution is -2.53. The van der Waals surface area contributed by atoms with Crippen molar-refractivity contribution in [2.75, 3.05) is 39.3 Å². The molecule has 6 nitrogen and oxygen atoms in total. The Morgan fingerprint density at radius 1 is 1.15 bits per heavy atom. The van der Waals surface area contributed by atoms with Crippen LogP contribution in [-0.2, 0) is 9.59 Å². The zero-order valence-electron chi connectivity index (χ0n) is 16.2. The van der Waals surface area contributed by atoms with Crippen molar-refractivity contribution in [2.45, 2.75) is 44.6 Å². The number of piperidine rings is 1. The van der Waals surface area contributed by atoms with Crippen molar-refractivity contribution in [1.82, 2.24) is 19.7 Å². The van der Waals surface area contributed by atoms with Crippen LogP contribution < -0.4 is 0 Å². The average molecular weight is 370 g/mol. The number of rotatable bonds is 4. The molecular weight excluding hydrogens is 340 g/mol. The van der Waals surface area contributed by atoms with Crippen molar-refractivity contribution in [3.05, 3.63) is 30.1 Å². The minimum atomic E-state index is 0.122. The molecule has 3 fully saturated rings. The van der Waals surface area contributed by atoms with Gasteiger partial charge >= 0.3 is 0 Å². The molecule has 0 N–H and O–H groups in total. The molecule has 1 aromatic rings. The van der Waals surface area contributed by atoms with E-state index in [0.717, 1.165) is 52.0 Å². The lowest BCUT2D eigenvalue weighted by molar-refractivity contribution is -0.137. The third-order valence-corrected chi connectivity index (χ3v) is 6.39. The van der Waals surface area contributed by atoms with Gasteiger partial charge in [-0.3, -0.25) is 19.5 Å². The van der Waals surface area contributed by atoms with E-state index in [1.54, 1.807) is 6.20 Å². The van der Waals surface area contributed by atoms with E-state index in [1.807, 2.05) is 22.1 Å². The number of hydrogen-bond acceptors (Lipinski definition) is 4. The summed E-state index contributed by atoms with van der Waals surface area (Å²) in [5.41, 5.74) is 1.18. The molecule has 4 rings (SSSR count). The average Bonchev–Trinajstić information content (AvgIpc) is 3.50. The van der Waals surface area contributed by atoms with Gasteiger partial charge in [0.15, 0.2) is 0 Å². The molecule has 0 spiro atoms. The molecule has 1 aromatic heterocycles. The van der Waals surface area contributed by atoms with E-state index in [9.17, 15) is 9.59 Å². The van der Waals surface area contributed by atoms with Crippen molar-refractivity contribution in [3.8, 4) is 0 Å². The molecule has 2 amide bonds. The van der Waals surface area contributed by atoms with Crippen molar-refractivity contribution in [1.29, 1.82) is 0 Å². The maximum Gasteiger partial charge on any atom is 0.236 e. The smallest absolute Gasteiger partial charge is 0.236 e. The molecule has 1 saturated carbocycles. The summed E-state index contributed by atoms with van der Waals surface area (Å²) < 4.78 is 0. The minimum Gasteiger partial charge on any atom is -0.340 e. The van der Waals surface area contributed by atoms with Crippen LogP contribution in [0.15, 0.2) is 24.5 Å². The molecule has 0 radical (unpaired) electrons. The van der Waals surface area contributed by atoms with Crippen LogP contribution in [0.3, 0.4) is 0 Å². The molecule has 3 heterocycles. The Morgan fingerprint density at radius 3 is 2.67 bits per heavy atom. The summed E-state index contributed by atoms with van der Waals surface area (Å²) in [4.78, 5) is 35.8. The number of likely N-dealkylation sites (tertiary alicyclic amines) is 1. The fourth-order valence-corrected chi connectivity index (χ4v) is 4.54. The van der Waals surface area contributed by atoms with E-state index in [-0.39, 0.29) is 17.7 Å². The topological polar surface area (TPSA) is 56.8 Å². The highest BCUT2D eigenvalue weighted by molar-refractivity contribution is 5.83. The first-order chi connectivity index (χ1) is 13.1. The Balaban J connectivity index is 1.23. The molecular formula is C21H30N4O2. The summed E-state index contributed by atoms with van der Waals surface area (Å²) in [5, 5.41) is 0. The van der Waals surface area contributed by atoms with Gasteiger partial charge in [0, 0.05) is 57.1 Å². The summed E-state index contributed by atoms with van der Waals surface area (Å²) in [7, 11) is 0. The summed E-state index contributed by atoms with van der Waals surface area (Å²) in [6.45, 7) is 6.61. The number of piperazine rings is 1. The predicted molar refractivity (Wildman–Crippen MR) is 103 cm³/mol. The second-order valence-electron chi connectivity index (χ2n) is 8.27. The minimum absolute atomic E-state index is 0.122. The van der Waals surface area contributed by atoms with E-state index in [2.05, 4.69) is 22.9 Å². The molecule has 0 aromatic carbocycles. The maximum absolute atomic E-state index is 12.8. The van der Waals surface area contributed by atoms with E-state index >= 15 is 0 Å². The normalized spacial score (nSPS) is 28.9. The molecule has 3 aliphatic rings. The first-order valence-electron chi connectivity index (χ1n) is 10.3. The van der Waals surface area contributed by atoms with Gasteiger partial charge in [-0.1, -0.05) is 6.07 Å². The zero-order valence-corrected chi connectivity index (χ0v) is 16.2. The van der Waals surface area contributed by atoms with Crippen LogP contribution in [0.2, 0.25) is 0 Å². The molecule has 1 unspecified atom stereocenters. The van der Waals surface area contributed by atoms with Crippen LogP contribution in [-0.4, -0.2) is 76.8 Å². The Morgan fingerprint density at radius 2 is 1.96 bits per heavy atom. The van der Waals surface area contributed by atoms with Crippen LogP contribution in [0.5, 0.6) is 0 Å². The Bertz CT molecular complexity index is 672. The molecule has 2 aliphatic heterocycles. The predicted octanol–water partition coefficient (Wildman–Crippen LogP) is 1.73. The monoisotopic (exact) mass is 370 g/mol. The van der Waals surface area contributed by atoms with Crippen LogP contribution in [0.4, 0.5) is 0 Å². The third kappa shape index (κ3) is 4.15. The third-order valence-electron chi connectivity index (χ3n) is 6.39. The summed E-state index contributed by atoms with van der Waals surface area (Å²) >= 11 is 0. The summed E-state index contributed by atoms with van der Waals surface area (Å²) in [5.74, 6) is 0.989. The molecule has 2 saturated heterocycles. The van der Waals surface area contributed by atoms with Crippen LogP contribution in [0, 0.1) is 5.92 Å². The number of hydrogen-bond donors (Lipinski definition) is 0. The largest absolute Gasteiger partial charge is 0.340 e. The van der Waals surface area contributed by atoms with Crippen LogP contribution in [0.25, 0.3) is 0 Å². The second kappa shape index (κ2) is 7.97. The first kappa shape index (κ1) is 18.4. The SMILES string of the molecule is CC1CCCCN1C(=O)CN1CCN(C(=O)[C@@H]2C[C@H]2c2cccnc2)CC1. The van der Waals surface area contributed by atoms with Gasteiger partial charge in [-0.05, 0) is 50.2 Å². The quantitative estimate of drug-likeness (QED) is 0.810. The number of aromatic nitrogens is 1. The molecule has 146 valence electrons. The van der Waals surface area contributed by atoms with Gasteiger partial charge in [-0.15, -0.1) is 0 Å². The molecule has 6 heteroatoms. The second-order valence-corrected chi connectivity index (χ2v) is 8.27. The van der Waals surface area contributed by atoms with Crippen molar-refractivity contribution >= 4 is 11.8 Å². The van der Waals surface area contributed by atoms with Crippen molar-refractivity contribution in [3.63, 3.8) is 0 Å². The van der Waals surface area contributed by atoms with Gasteiger partial charge in [-0.2, -0.15) is 0 Å². The van der Waals surface area contributed by atoms with Crippen molar-refractivity contribution in [2.24, 2.45) is 5.92 Å². The van der Waals surface area contributed by atoms with Gasteiger partial charge in [0.05, 0.1) is 6.54 Å². The molecule has 0 bridgehead atoms. The van der Waals surface area contributed by atoms with Gasteiger partial charge in [0.1, 0.15) is 0 Å². The van der Waals surface area contributed by atoms with E-state index in [1.165, 1.54) is 12.0 Å².